The molecule has 0 fully saturated rings. The fourth-order valence-electron chi connectivity index (χ4n) is 1.60. The van der Waals surface area contributed by atoms with E-state index in [9.17, 15) is 9.00 Å². The van der Waals surface area contributed by atoms with Gasteiger partial charge in [-0.05, 0) is 45.8 Å². The van der Waals surface area contributed by atoms with Gasteiger partial charge in [0.05, 0.1) is 41.4 Å². The molecule has 0 heterocycles. The molecule has 0 rings (SSSR count). The van der Waals surface area contributed by atoms with Crippen LogP contribution in [0.5, 0.6) is 0 Å². The van der Waals surface area contributed by atoms with Crippen molar-refractivity contribution in [1.82, 2.24) is 4.72 Å². The highest BCUT2D eigenvalue weighted by atomic mass is 32.2. The van der Waals surface area contributed by atoms with Crippen LogP contribution in [-0.2, 0) is 24.9 Å². The monoisotopic (exact) mass is 365 g/mol. The number of carbonyl (C=O) groups is 1. The first-order chi connectivity index (χ1) is 10.1. The SMILES string of the molecule is COC(=O)C[C@H](N[S@](=O)C(C)(C)C)[C@H](C)O[Si](C)(C)C(C)(C)C. The van der Waals surface area contributed by atoms with Gasteiger partial charge in [-0.1, -0.05) is 20.8 Å². The number of rotatable bonds is 7. The topological polar surface area (TPSA) is 64.6 Å². The van der Waals surface area contributed by atoms with Crippen LogP contribution in [0.2, 0.25) is 18.1 Å². The van der Waals surface area contributed by atoms with Crippen molar-refractivity contribution in [3.05, 3.63) is 0 Å². The van der Waals surface area contributed by atoms with E-state index in [-0.39, 0.29) is 29.6 Å². The summed E-state index contributed by atoms with van der Waals surface area (Å²) < 4.78 is 26.2. The maximum absolute atomic E-state index is 12.4. The molecule has 23 heavy (non-hydrogen) atoms. The largest absolute Gasteiger partial charge is 0.469 e. The zero-order valence-corrected chi connectivity index (χ0v) is 18.2. The highest BCUT2D eigenvalue weighted by Gasteiger charge is 2.40. The first-order valence-corrected chi connectivity index (χ1v) is 12.1. The summed E-state index contributed by atoms with van der Waals surface area (Å²) in [5.74, 6) is -0.334. The number of methoxy groups -OCH3 is 1. The predicted molar refractivity (Wildman–Crippen MR) is 99.2 cm³/mol. The van der Waals surface area contributed by atoms with Gasteiger partial charge in [0.25, 0.3) is 0 Å². The van der Waals surface area contributed by atoms with E-state index in [2.05, 4.69) is 38.6 Å². The lowest BCUT2D eigenvalue weighted by atomic mass is 10.1. The minimum atomic E-state index is -1.98. The molecule has 0 saturated carbocycles. The van der Waals surface area contributed by atoms with Crippen LogP contribution in [0.15, 0.2) is 0 Å². The highest BCUT2D eigenvalue weighted by Crippen LogP contribution is 2.37. The molecule has 0 aromatic rings. The van der Waals surface area contributed by atoms with Gasteiger partial charge < -0.3 is 9.16 Å². The normalized spacial score (nSPS) is 17.5. The minimum Gasteiger partial charge on any atom is -0.469 e. The van der Waals surface area contributed by atoms with E-state index < -0.39 is 24.1 Å². The molecule has 0 amide bonds. The molecular weight excluding hydrogens is 330 g/mol. The van der Waals surface area contributed by atoms with Gasteiger partial charge in [-0.25, -0.2) is 8.93 Å². The Morgan fingerprint density at radius 3 is 2.00 bits per heavy atom. The molecule has 0 aliphatic heterocycles. The van der Waals surface area contributed by atoms with Crippen LogP contribution in [0, 0.1) is 0 Å². The number of hydrogen-bond donors (Lipinski definition) is 1. The van der Waals surface area contributed by atoms with Crippen LogP contribution in [0.3, 0.4) is 0 Å². The first kappa shape index (κ1) is 22.8. The quantitative estimate of drug-likeness (QED) is 0.555. The Hall–Kier alpha value is -0.243. The maximum Gasteiger partial charge on any atom is 0.307 e. The molecule has 0 unspecified atom stereocenters. The molecule has 0 aliphatic rings. The summed E-state index contributed by atoms with van der Waals surface area (Å²) in [4.78, 5) is 11.7. The fraction of sp³-hybridized carbons (Fsp3) is 0.938. The minimum absolute atomic E-state index is 0.0697. The van der Waals surface area contributed by atoms with Gasteiger partial charge in [-0.15, -0.1) is 0 Å². The number of esters is 1. The molecule has 138 valence electrons. The number of hydrogen-bond acceptors (Lipinski definition) is 4. The zero-order chi connectivity index (χ0) is 18.6. The van der Waals surface area contributed by atoms with Crippen molar-refractivity contribution >= 4 is 25.3 Å². The van der Waals surface area contributed by atoms with Gasteiger partial charge in [0, 0.05) is 0 Å². The molecule has 0 saturated heterocycles. The van der Waals surface area contributed by atoms with E-state index in [1.807, 2.05) is 27.7 Å². The molecule has 5 nitrogen and oxygen atoms in total. The Morgan fingerprint density at radius 1 is 1.17 bits per heavy atom. The van der Waals surface area contributed by atoms with Crippen LogP contribution in [0.4, 0.5) is 0 Å². The molecule has 7 heteroatoms. The standard InChI is InChI=1S/C16H35NO4SSi/c1-12(21-23(9,10)16(5,6)7)13(11-14(18)20-8)17-22(19)15(2,3)4/h12-13,17H,11H2,1-10H3/t12-,13-,22+/m0/s1. The third-order valence-corrected chi connectivity index (χ3v) is 10.5. The van der Waals surface area contributed by atoms with Crippen molar-refractivity contribution in [2.45, 2.75) is 89.9 Å². The summed E-state index contributed by atoms with van der Waals surface area (Å²) in [5, 5.41) is 0.0697. The van der Waals surface area contributed by atoms with Crippen molar-refractivity contribution in [3.63, 3.8) is 0 Å². The van der Waals surface area contributed by atoms with E-state index >= 15 is 0 Å². The Kier molecular flexibility index (Phi) is 8.14. The summed E-state index contributed by atoms with van der Waals surface area (Å²) in [6.07, 6.45) is -0.102. The lowest BCUT2D eigenvalue weighted by molar-refractivity contribution is -0.141. The van der Waals surface area contributed by atoms with E-state index in [1.54, 1.807) is 0 Å². The third-order valence-electron chi connectivity index (χ3n) is 4.28. The predicted octanol–water partition coefficient (Wildman–Crippen LogP) is 3.38. The molecule has 0 bridgehead atoms. The van der Waals surface area contributed by atoms with Crippen molar-refractivity contribution in [2.75, 3.05) is 7.11 Å². The average molecular weight is 366 g/mol. The lowest BCUT2D eigenvalue weighted by Crippen LogP contribution is -2.52. The molecule has 0 aromatic heterocycles. The van der Waals surface area contributed by atoms with E-state index in [0.29, 0.717) is 0 Å². The van der Waals surface area contributed by atoms with Crippen LogP contribution in [-0.4, -0.2) is 42.5 Å². The smallest absolute Gasteiger partial charge is 0.307 e. The van der Waals surface area contributed by atoms with Crippen LogP contribution in [0.25, 0.3) is 0 Å². The first-order valence-electron chi connectivity index (χ1n) is 8.04. The molecular formula is C16H35NO4SSi. The second kappa shape index (κ2) is 8.23. The van der Waals surface area contributed by atoms with Gasteiger partial charge in [0.2, 0.25) is 0 Å². The molecule has 1 N–H and O–H groups in total. The summed E-state index contributed by atoms with van der Waals surface area (Å²) in [5.41, 5.74) is 0. The summed E-state index contributed by atoms with van der Waals surface area (Å²) in [6, 6.07) is -0.350. The maximum atomic E-state index is 12.4. The Balaban J connectivity index is 5.20. The van der Waals surface area contributed by atoms with Crippen molar-refractivity contribution in [1.29, 1.82) is 0 Å². The molecule has 0 aromatic carbocycles. The van der Waals surface area contributed by atoms with Gasteiger partial charge >= 0.3 is 5.97 Å². The van der Waals surface area contributed by atoms with Gasteiger partial charge in [0.1, 0.15) is 0 Å². The van der Waals surface area contributed by atoms with Crippen LogP contribution in [0.1, 0.15) is 54.9 Å². The fourth-order valence-corrected chi connectivity index (χ4v) is 3.96. The summed E-state index contributed by atoms with van der Waals surface area (Å²) in [7, 11) is -1.90. The number of nitrogens with one attached hydrogen (secondary N) is 1. The number of ether oxygens (including phenoxy) is 1. The second-order valence-electron chi connectivity index (χ2n) is 8.47. The second-order valence-corrected chi connectivity index (χ2v) is 15.2. The van der Waals surface area contributed by atoms with Crippen LogP contribution < -0.4 is 4.72 Å². The van der Waals surface area contributed by atoms with Crippen molar-refractivity contribution in [3.8, 4) is 0 Å². The highest BCUT2D eigenvalue weighted by molar-refractivity contribution is 7.84. The summed E-state index contributed by atoms with van der Waals surface area (Å²) in [6.45, 7) is 18.5. The van der Waals surface area contributed by atoms with E-state index in [4.69, 9.17) is 9.16 Å². The van der Waals surface area contributed by atoms with Gasteiger partial charge in [-0.2, -0.15) is 0 Å². The van der Waals surface area contributed by atoms with Crippen molar-refractivity contribution in [2.24, 2.45) is 0 Å². The molecule has 0 radical (unpaired) electrons. The van der Waals surface area contributed by atoms with E-state index in [0.717, 1.165) is 0 Å². The molecule has 3 atom stereocenters. The number of carbonyl (C=O) groups excluding carboxylic acids is 1. The van der Waals surface area contributed by atoms with Gasteiger partial charge in [0.15, 0.2) is 8.32 Å². The average Bonchev–Trinajstić information content (AvgIpc) is 2.34. The lowest BCUT2D eigenvalue weighted by Gasteiger charge is -2.40. The summed E-state index contributed by atoms with van der Waals surface area (Å²) >= 11 is 0. The van der Waals surface area contributed by atoms with Crippen molar-refractivity contribution < 1.29 is 18.2 Å². The Bertz CT molecular complexity index is 427. The van der Waals surface area contributed by atoms with Gasteiger partial charge in [-0.3, -0.25) is 4.79 Å². The molecule has 0 aliphatic carbocycles. The van der Waals surface area contributed by atoms with E-state index in [1.165, 1.54) is 7.11 Å². The van der Waals surface area contributed by atoms with Crippen LogP contribution >= 0.6 is 0 Å². The Labute approximate surface area is 145 Å². The molecule has 0 spiro atoms. The zero-order valence-electron chi connectivity index (χ0n) is 16.4. The Morgan fingerprint density at radius 2 is 1.65 bits per heavy atom. The third kappa shape index (κ3) is 7.45.